The van der Waals surface area contributed by atoms with Crippen LogP contribution < -0.4 is 0 Å². The van der Waals surface area contributed by atoms with E-state index >= 15 is 0 Å². The number of rotatable bonds is 3. The number of halogens is 2. The second kappa shape index (κ2) is 4.54. The maximum atomic E-state index is 12.4. The van der Waals surface area contributed by atoms with Crippen LogP contribution in [0.15, 0.2) is 23.7 Å². The van der Waals surface area contributed by atoms with Crippen molar-refractivity contribution in [3.8, 4) is 0 Å². The molecule has 0 aromatic heterocycles. The van der Waals surface area contributed by atoms with E-state index in [2.05, 4.69) is 15.9 Å². The van der Waals surface area contributed by atoms with Crippen molar-refractivity contribution in [1.29, 1.82) is 0 Å². The lowest BCUT2D eigenvalue weighted by Gasteiger charge is -2.10. The van der Waals surface area contributed by atoms with Crippen LogP contribution in [0.3, 0.4) is 0 Å². The van der Waals surface area contributed by atoms with Crippen LogP contribution in [0.2, 0.25) is 0 Å². The van der Waals surface area contributed by atoms with Gasteiger partial charge in [-0.2, -0.15) is 0 Å². The van der Waals surface area contributed by atoms with Gasteiger partial charge in [0.1, 0.15) is 11.6 Å². The van der Waals surface area contributed by atoms with Gasteiger partial charge >= 0.3 is 0 Å². The summed E-state index contributed by atoms with van der Waals surface area (Å²) in [5.41, 5.74) is 0. The minimum atomic E-state index is -0.115. The SMILES string of the molecule is FC1=CC=C(OCCBr)[CH]C1. The number of allylic oxidation sites excluding steroid dienone is 4. The van der Waals surface area contributed by atoms with Gasteiger partial charge in [-0.25, -0.2) is 4.39 Å². The molecule has 0 saturated carbocycles. The van der Waals surface area contributed by atoms with E-state index in [4.69, 9.17) is 4.74 Å². The molecule has 0 saturated heterocycles. The first-order valence-electron chi connectivity index (χ1n) is 3.41. The molecule has 0 aromatic rings. The van der Waals surface area contributed by atoms with Crippen molar-refractivity contribution < 1.29 is 9.13 Å². The highest BCUT2D eigenvalue weighted by atomic mass is 79.9. The van der Waals surface area contributed by atoms with Crippen molar-refractivity contribution >= 4 is 15.9 Å². The van der Waals surface area contributed by atoms with Gasteiger partial charge in [0.25, 0.3) is 0 Å². The Bertz CT molecular complexity index is 187. The summed E-state index contributed by atoms with van der Waals surface area (Å²) in [5.74, 6) is 0.641. The molecule has 0 bridgehead atoms. The average molecular weight is 220 g/mol. The molecule has 0 aromatic carbocycles. The van der Waals surface area contributed by atoms with E-state index in [1.807, 2.05) is 0 Å². The Kier molecular flexibility index (Phi) is 3.63. The first kappa shape index (κ1) is 8.78. The van der Waals surface area contributed by atoms with Crippen LogP contribution in [0.1, 0.15) is 6.42 Å². The fourth-order valence-electron chi connectivity index (χ4n) is 0.770. The van der Waals surface area contributed by atoms with Crippen LogP contribution in [-0.2, 0) is 4.74 Å². The Hall–Kier alpha value is -0.310. The lowest BCUT2D eigenvalue weighted by molar-refractivity contribution is 0.237. The number of hydrogen-bond acceptors (Lipinski definition) is 1. The first-order chi connectivity index (χ1) is 5.33. The van der Waals surface area contributed by atoms with Crippen molar-refractivity contribution in [3.05, 3.63) is 30.2 Å². The zero-order chi connectivity index (χ0) is 8.10. The second-order valence-electron chi connectivity index (χ2n) is 2.13. The van der Waals surface area contributed by atoms with E-state index < -0.39 is 0 Å². The molecule has 1 aliphatic carbocycles. The second-order valence-corrected chi connectivity index (χ2v) is 2.92. The van der Waals surface area contributed by atoms with E-state index in [9.17, 15) is 4.39 Å². The van der Waals surface area contributed by atoms with Crippen LogP contribution in [-0.4, -0.2) is 11.9 Å². The van der Waals surface area contributed by atoms with Gasteiger partial charge in [-0.3, -0.25) is 0 Å². The fraction of sp³-hybridized carbons (Fsp3) is 0.375. The zero-order valence-corrected chi connectivity index (χ0v) is 7.60. The van der Waals surface area contributed by atoms with E-state index in [-0.39, 0.29) is 5.83 Å². The molecule has 11 heavy (non-hydrogen) atoms. The van der Waals surface area contributed by atoms with Gasteiger partial charge in [0.15, 0.2) is 0 Å². The molecule has 0 amide bonds. The summed E-state index contributed by atoms with van der Waals surface area (Å²) in [7, 11) is 0. The molecule has 1 radical (unpaired) electrons. The molecular weight excluding hydrogens is 211 g/mol. The molecular formula is C8H9BrFO. The molecule has 0 spiro atoms. The third kappa shape index (κ3) is 3.06. The van der Waals surface area contributed by atoms with E-state index in [1.54, 1.807) is 12.5 Å². The highest BCUT2D eigenvalue weighted by Gasteiger charge is 2.05. The molecule has 3 heteroatoms. The predicted octanol–water partition coefficient (Wildman–Crippen LogP) is 2.74. The maximum absolute atomic E-state index is 12.4. The first-order valence-corrected chi connectivity index (χ1v) is 4.53. The van der Waals surface area contributed by atoms with Crippen LogP contribution in [0.25, 0.3) is 0 Å². The van der Waals surface area contributed by atoms with Crippen LogP contribution in [0.5, 0.6) is 0 Å². The van der Waals surface area contributed by atoms with Gasteiger partial charge in [-0.1, -0.05) is 15.9 Å². The molecule has 0 atom stereocenters. The van der Waals surface area contributed by atoms with Crippen LogP contribution in [0, 0.1) is 6.42 Å². The highest BCUT2D eigenvalue weighted by Crippen LogP contribution is 2.18. The molecule has 1 aliphatic rings. The molecule has 0 aliphatic heterocycles. The fourth-order valence-corrected chi connectivity index (χ4v) is 0.932. The van der Waals surface area contributed by atoms with Gasteiger partial charge < -0.3 is 4.74 Å². The van der Waals surface area contributed by atoms with Gasteiger partial charge in [0.2, 0.25) is 0 Å². The van der Waals surface area contributed by atoms with E-state index in [0.29, 0.717) is 13.0 Å². The lowest BCUT2D eigenvalue weighted by atomic mass is 10.1. The van der Waals surface area contributed by atoms with Crippen LogP contribution >= 0.6 is 15.9 Å². The Labute approximate surface area is 74.1 Å². The smallest absolute Gasteiger partial charge is 0.101 e. The molecule has 0 heterocycles. The lowest BCUT2D eigenvalue weighted by Crippen LogP contribution is -1.99. The summed E-state index contributed by atoms with van der Waals surface area (Å²) >= 11 is 3.23. The van der Waals surface area contributed by atoms with Crippen molar-refractivity contribution in [1.82, 2.24) is 0 Å². The van der Waals surface area contributed by atoms with Crippen molar-refractivity contribution in [2.45, 2.75) is 6.42 Å². The summed E-state index contributed by atoms with van der Waals surface area (Å²) in [6, 6.07) is 0. The molecule has 1 nitrogen and oxygen atoms in total. The maximum Gasteiger partial charge on any atom is 0.101 e. The molecule has 61 valence electrons. The Morgan fingerprint density at radius 3 is 2.91 bits per heavy atom. The highest BCUT2D eigenvalue weighted by molar-refractivity contribution is 9.09. The molecule has 0 fully saturated rings. The Morgan fingerprint density at radius 1 is 1.55 bits per heavy atom. The number of hydrogen-bond donors (Lipinski definition) is 0. The summed E-state index contributed by atoms with van der Waals surface area (Å²) < 4.78 is 17.6. The van der Waals surface area contributed by atoms with E-state index in [0.717, 1.165) is 11.1 Å². The molecule has 1 rings (SSSR count). The Morgan fingerprint density at radius 2 is 2.36 bits per heavy atom. The summed E-state index contributed by atoms with van der Waals surface area (Å²) in [5, 5.41) is 0.796. The minimum Gasteiger partial charge on any atom is -0.497 e. The monoisotopic (exact) mass is 219 g/mol. The predicted molar refractivity (Wildman–Crippen MR) is 45.9 cm³/mol. The van der Waals surface area contributed by atoms with Crippen molar-refractivity contribution in [2.24, 2.45) is 0 Å². The zero-order valence-electron chi connectivity index (χ0n) is 6.02. The quantitative estimate of drug-likeness (QED) is 0.664. The normalized spacial score (nSPS) is 17.3. The number of ether oxygens (including phenoxy) is 1. The molecule has 0 N–H and O–H groups in total. The van der Waals surface area contributed by atoms with E-state index in [1.165, 1.54) is 6.08 Å². The average Bonchev–Trinajstić information content (AvgIpc) is 2.04. The topological polar surface area (TPSA) is 9.23 Å². The third-order valence-corrected chi connectivity index (χ3v) is 1.60. The number of alkyl halides is 1. The van der Waals surface area contributed by atoms with Gasteiger partial charge in [-0.15, -0.1) is 0 Å². The largest absolute Gasteiger partial charge is 0.497 e. The van der Waals surface area contributed by atoms with Crippen molar-refractivity contribution in [2.75, 3.05) is 11.9 Å². The molecule has 0 unspecified atom stereocenters. The van der Waals surface area contributed by atoms with Gasteiger partial charge in [0.05, 0.1) is 6.61 Å². The third-order valence-electron chi connectivity index (χ3n) is 1.27. The standard InChI is InChI=1S/C8H9BrFO/c9-5-6-11-8-3-1-7(10)2-4-8/h1,3-4H,2,5-6H2. The summed E-state index contributed by atoms with van der Waals surface area (Å²) in [6.45, 7) is 0.623. The van der Waals surface area contributed by atoms with Gasteiger partial charge in [0, 0.05) is 18.2 Å². The minimum absolute atomic E-state index is 0.115. The van der Waals surface area contributed by atoms with Crippen molar-refractivity contribution in [3.63, 3.8) is 0 Å². The summed E-state index contributed by atoms with van der Waals surface area (Å²) in [6.07, 6.45) is 5.16. The van der Waals surface area contributed by atoms with Gasteiger partial charge in [-0.05, 0) is 12.2 Å². The summed E-state index contributed by atoms with van der Waals surface area (Å²) in [4.78, 5) is 0. The Balaban J connectivity index is 2.35. The van der Waals surface area contributed by atoms with Crippen LogP contribution in [0.4, 0.5) is 4.39 Å².